The summed E-state index contributed by atoms with van der Waals surface area (Å²) < 4.78 is 0. The predicted octanol–water partition coefficient (Wildman–Crippen LogP) is 1.42. The van der Waals surface area contributed by atoms with E-state index < -0.39 is 0 Å². The molecular formula is C8H10O3. The first kappa shape index (κ1) is 7.72. The van der Waals surface area contributed by atoms with Gasteiger partial charge < -0.3 is 15.3 Å². The molecule has 0 saturated heterocycles. The molecule has 0 unspecified atom stereocenters. The van der Waals surface area contributed by atoms with Gasteiger partial charge in [0.05, 0.1) is 0 Å². The van der Waals surface area contributed by atoms with Crippen LogP contribution in [0.1, 0.15) is 11.1 Å². The summed E-state index contributed by atoms with van der Waals surface area (Å²) in [5.41, 5.74) is 0.778. The van der Waals surface area contributed by atoms with Gasteiger partial charge in [0, 0.05) is 17.2 Å². The Kier molecular flexibility index (Phi) is 1.64. The summed E-state index contributed by atoms with van der Waals surface area (Å²) >= 11 is 0. The smallest absolute Gasteiger partial charge is 0.128 e. The van der Waals surface area contributed by atoms with Crippen LogP contribution in [0.2, 0.25) is 0 Å². The van der Waals surface area contributed by atoms with Gasteiger partial charge in [-0.15, -0.1) is 0 Å². The summed E-state index contributed by atoms with van der Waals surface area (Å²) in [6.45, 7) is 3.16. The highest BCUT2D eigenvalue weighted by Crippen LogP contribution is 2.35. The van der Waals surface area contributed by atoms with Crippen LogP contribution in [0.5, 0.6) is 17.2 Å². The van der Waals surface area contributed by atoms with Crippen molar-refractivity contribution in [2.75, 3.05) is 0 Å². The first-order valence-corrected chi connectivity index (χ1v) is 3.25. The molecule has 1 rings (SSSR count). The Morgan fingerprint density at radius 3 is 1.64 bits per heavy atom. The van der Waals surface area contributed by atoms with Crippen LogP contribution >= 0.6 is 0 Å². The van der Waals surface area contributed by atoms with Crippen LogP contribution in [0, 0.1) is 13.8 Å². The van der Waals surface area contributed by atoms with Crippen LogP contribution in [0.3, 0.4) is 0 Å². The molecule has 3 N–H and O–H groups in total. The van der Waals surface area contributed by atoms with E-state index in [4.69, 9.17) is 10.2 Å². The van der Waals surface area contributed by atoms with E-state index in [1.54, 1.807) is 13.8 Å². The summed E-state index contributed by atoms with van der Waals surface area (Å²) in [6, 6.07) is 1.21. The third kappa shape index (κ3) is 1.09. The Hall–Kier alpha value is -1.38. The number of rotatable bonds is 0. The van der Waals surface area contributed by atoms with Crippen LogP contribution in [0.15, 0.2) is 6.07 Å². The van der Waals surface area contributed by atoms with E-state index in [1.807, 2.05) is 0 Å². The van der Waals surface area contributed by atoms with Crippen molar-refractivity contribution >= 4 is 0 Å². The average molecular weight is 154 g/mol. The van der Waals surface area contributed by atoms with Crippen LogP contribution in [0.25, 0.3) is 0 Å². The van der Waals surface area contributed by atoms with Crippen LogP contribution in [-0.4, -0.2) is 15.3 Å². The molecule has 3 heteroatoms. The number of phenols is 3. The molecule has 60 valence electrons. The average Bonchev–Trinajstić information content (AvgIpc) is 1.97. The van der Waals surface area contributed by atoms with E-state index in [9.17, 15) is 5.11 Å². The quantitative estimate of drug-likeness (QED) is 0.529. The van der Waals surface area contributed by atoms with E-state index >= 15 is 0 Å². The Bertz CT molecular complexity index is 266. The van der Waals surface area contributed by atoms with Crippen molar-refractivity contribution in [1.29, 1.82) is 0 Å². The van der Waals surface area contributed by atoms with Crippen LogP contribution in [-0.2, 0) is 0 Å². The third-order valence-corrected chi connectivity index (χ3v) is 1.75. The fraction of sp³-hybridized carbons (Fsp3) is 0.250. The Morgan fingerprint density at radius 2 is 1.27 bits per heavy atom. The van der Waals surface area contributed by atoms with E-state index in [0.29, 0.717) is 11.1 Å². The van der Waals surface area contributed by atoms with E-state index in [-0.39, 0.29) is 17.2 Å². The lowest BCUT2D eigenvalue weighted by Gasteiger charge is -2.06. The minimum Gasteiger partial charge on any atom is -0.507 e. The third-order valence-electron chi connectivity index (χ3n) is 1.75. The molecule has 0 amide bonds. The second-order valence-corrected chi connectivity index (χ2v) is 2.51. The van der Waals surface area contributed by atoms with E-state index in [0.717, 1.165) is 0 Å². The molecule has 0 aromatic heterocycles. The largest absolute Gasteiger partial charge is 0.507 e. The predicted molar refractivity (Wildman–Crippen MR) is 40.9 cm³/mol. The fourth-order valence-corrected chi connectivity index (χ4v) is 0.870. The van der Waals surface area contributed by atoms with Crippen molar-refractivity contribution in [3.8, 4) is 17.2 Å². The Morgan fingerprint density at radius 1 is 0.909 bits per heavy atom. The molecule has 0 heterocycles. The lowest BCUT2D eigenvalue weighted by Crippen LogP contribution is -1.82. The molecule has 0 atom stereocenters. The molecule has 0 radical (unpaired) electrons. The summed E-state index contributed by atoms with van der Waals surface area (Å²) in [5.74, 6) is -0.237. The maximum Gasteiger partial charge on any atom is 0.128 e. The van der Waals surface area contributed by atoms with Crippen molar-refractivity contribution in [1.82, 2.24) is 0 Å². The number of benzene rings is 1. The standard InChI is InChI=1S/C8H10O3/c1-4-6(9)3-7(10)5(2)8(4)11/h3,9-11H,1-2H3. The monoisotopic (exact) mass is 154 g/mol. The van der Waals surface area contributed by atoms with Gasteiger partial charge in [0.2, 0.25) is 0 Å². The number of hydrogen-bond acceptors (Lipinski definition) is 3. The summed E-state index contributed by atoms with van der Waals surface area (Å²) in [6.07, 6.45) is 0. The molecular weight excluding hydrogens is 144 g/mol. The molecule has 0 saturated carbocycles. The zero-order valence-corrected chi connectivity index (χ0v) is 6.42. The SMILES string of the molecule is Cc1c(O)cc(O)c(C)c1O. The second kappa shape index (κ2) is 2.34. The van der Waals surface area contributed by atoms with Gasteiger partial charge in [-0.25, -0.2) is 0 Å². The van der Waals surface area contributed by atoms with Crippen molar-refractivity contribution < 1.29 is 15.3 Å². The highest BCUT2D eigenvalue weighted by atomic mass is 16.3. The minimum absolute atomic E-state index is 0.0532. The molecule has 1 aromatic carbocycles. The minimum atomic E-state index is -0.0920. The number of hydrogen-bond donors (Lipinski definition) is 3. The van der Waals surface area contributed by atoms with Gasteiger partial charge in [-0.2, -0.15) is 0 Å². The molecule has 11 heavy (non-hydrogen) atoms. The second-order valence-electron chi connectivity index (χ2n) is 2.51. The molecule has 3 nitrogen and oxygen atoms in total. The van der Waals surface area contributed by atoms with Crippen molar-refractivity contribution in [2.24, 2.45) is 0 Å². The van der Waals surface area contributed by atoms with E-state index in [1.165, 1.54) is 6.07 Å². The number of aromatic hydroxyl groups is 3. The lowest BCUT2D eigenvalue weighted by atomic mass is 10.1. The highest BCUT2D eigenvalue weighted by molar-refractivity contribution is 5.53. The fourth-order valence-electron chi connectivity index (χ4n) is 0.870. The van der Waals surface area contributed by atoms with Crippen LogP contribution < -0.4 is 0 Å². The van der Waals surface area contributed by atoms with Gasteiger partial charge >= 0.3 is 0 Å². The summed E-state index contributed by atoms with van der Waals surface area (Å²) in [4.78, 5) is 0. The zero-order valence-electron chi connectivity index (χ0n) is 6.42. The molecule has 0 fully saturated rings. The maximum absolute atomic E-state index is 9.25. The van der Waals surface area contributed by atoms with Gasteiger partial charge in [0.15, 0.2) is 0 Å². The highest BCUT2D eigenvalue weighted by Gasteiger charge is 2.09. The topological polar surface area (TPSA) is 60.7 Å². The van der Waals surface area contributed by atoms with Gasteiger partial charge in [-0.1, -0.05) is 0 Å². The Balaban J connectivity index is 3.46. The van der Waals surface area contributed by atoms with Gasteiger partial charge in [-0.3, -0.25) is 0 Å². The lowest BCUT2D eigenvalue weighted by molar-refractivity contribution is 0.417. The molecule has 0 aliphatic carbocycles. The molecule has 0 spiro atoms. The Labute approximate surface area is 64.5 Å². The van der Waals surface area contributed by atoms with Gasteiger partial charge in [0.1, 0.15) is 17.2 Å². The first-order valence-electron chi connectivity index (χ1n) is 3.25. The first-order chi connectivity index (χ1) is 5.04. The molecule has 0 aliphatic rings. The van der Waals surface area contributed by atoms with Gasteiger partial charge in [0.25, 0.3) is 0 Å². The maximum atomic E-state index is 9.25. The molecule has 0 bridgehead atoms. The zero-order chi connectivity index (χ0) is 8.59. The molecule has 1 aromatic rings. The van der Waals surface area contributed by atoms with Crippen molar-refractivity contribution in [3.63, 3.8) is 0 Å². The van der Waals surface area contributed by atoms with Crippen LogP contribution in [0.4, 0.5) is 0 Å². The summed E-state index contributed by atoms with van der Waals surface area (Å²) in [5, 5.41) is 27.4. The number of phenolic OH excluding ortho intramolecular Hbond substituents is 3. The van der Waals surface area contributed by atoms with Crippen molar-refractivity contribution in [2.45, 2.75) is 13.8 Å². The van der Waals surface area contributed by atoms with E-state index in [2.05, 4.69) is 0 Å². The molecule has 0 aliphatic heterocycles. The normalized spacial score (nSPS) is 10.0. The van der Waals surface area contributed by atoms with Crippen molar-refractivity contribution in [3.05, 3.63) is 17.2 Å². The summed E-state index contributed by atoms with van der Waals surface area (Å²) in [7, 11) is 0. The van der Waals surface area contributed by atoms with Gasteiger partial charge in [-0.05, 0) is 13.8 Å².